The number of amides is 1. The number of carbonyl (C=O) groups excluding carboxylic acids is 1. The van der Waals surface area contributed by atoms with Crippen LogP contribution < -0.4 is 0 Å². The van der Waals surface area contributed by atoms with E-state index >= 15 is 0 Å². The maximum Gasteiger partial charge on any atom is 0.416 e. The van der Waals surface area contributed by atoms with Crippen LogP contribution in [0.5, 0.6) is 0 Å². The lowest BCUT2D eigenvalue weighted by molar-refractivity contribution is -0.137. The van der Waals surface area contributed by atoms with E-state index in [1.54, 1.807) is 11.9 Å². The topological polar surface area (TPSA) is 55.4 Å². The second-order valence-corrected chi connectivity index (χ2v) is 9.39. The Labute approximate surface area is 206 Å². The molecule has 3 aromatic heterocycles. The molecule has 0 radical (unpaired) electrons. The van der Waals surface area contributed by atoms with Crippen LogP contribution >= 0.6 is 0 Å². The largest absolute Gasteiger partial charge is 0.416 e. The van der Waals surface area contributed by atoms with Gasteiger partial charge >= 0.3 is 6.18 Å². The van der Waals surface area contributed by atoms with Crippen LogP contribution in [0.4, 0.5) is 26.3 Å². The highest BCUT2D eigenvalue weighted by atomic mass is 19.4. The number of pyridine rings is 1. The van der Waals surface area contributed by atoms with Crippen molar-refractivity contribution in [2.24, 2.45) is 7.05 Å². The molecule has 0 aliphatic carbocycles. The Morgan fingerprint density at radius 1 is 1.08 bits per heavy atom. The lowest BCUT2D eigenvalue weighted by Gasteiger charge is -2.45. The lowest BCUT2D eigenvalue weighted by atomic mass is 9.81. The molecule has 2 aliphatic rings. The van der Waals surface area contributed by atoms with E-state index < -0.39 is 41.1 Å². The molecular weight excluding hydrogens is 500 g/mol. The van der Waals surface area contributed by atoms with Crippen molar-refractivity contribution >= 4 is 11.6 Å². The van der Waals surface area contributed by atoms with E-state index in [9.17, 15) is 31.1 Å². The minimum absolute atomic E-state index is 0.00141. The van der Waals surface area contributed by atoms with E-state index in [1.807, 2.05) is 0 Å². The Balaban J connectivity index is 1.41. The maximum absolute atomic E-state index is 14.0. The summed E-state index contributed by atoms with van der Waals surface area (Å²) < 4.78 is 83.7. The van der Waals surface area contributed by atoms with Crippen molar-refractivity contribution in [3.63, 3.8) is 0 Å². The lowest BCUT2D eigenvalue weighted by Crippen LogP contribution is -2.50. The van der Waals surface area contributed by atoms with Gasteiger partial charge in [0.1, 0.15) is 11.3 Å². The molecule has 37 heavy (non-hydrogen) atoms. The van der Waals surface area contributed by atoms with Crippen LogP contribution in [0.2, 0.25) is 0 Å². The smallest absolute Gasteiger partial charge is 0.325 e. The van der Waals surface area contributed by atoms with Gasteiger partial charge in [-0.2, -0.15) is 18.3 Å². The number of hydrogen-bond acceptors (Lipinski definition) is 3. The molecule has 12 heteroatoms. The molecule has 5 heterocycles. The molecule has 1 aromatic carbocycles. The maximum atomic E-state index is 14.0. The SMILES string of the molecule is Cn1nc2c(c1-c1cc(F)c(F)c(F)c1)C[C@H]1CCC[C@@H]2N1C(=O)c1cnc2cc(C(F)(F)F)ccn12. The van der Waals surface area contributed by atoms with Crippen LogP contribution in [0.15, 0.2) is 36.7 Å². The summed E-state index contributed by atoms with van der Waals surface area (Å²) in [7, 11) is 1.62. The predicted octanol–water partition coefficient (Wildman–Crippen LogP) is 5.46. The minimum atomic E-state index is -4.54. The first-order valence-electron chi connectivity index (χ1n) is 11.6. The molecule has 0 saturated carbocycles. The van der Waals surface area contributed by atoms with Crippen LogP contribution in [0, 0.1) is 17.5 Å². The number of aryl methyl sites for hydroxylation is 1. The van der Waals surface area contributed by atoms with E-state index in [1.165, 1.54) is 21.5 Å². The van der Waals surface area contributed by atoms with Gasteiger partial charge in [0.15, 0.2) is 17.5 Å². The molecule has 2 bridgehead atoms. The second kappa shape index (κ2) is 8.09. The summed E-state index contributed by atoms with van der Waals surface area (Å²) in [5.74, 6) is -4.56. The number of fused-ring (bicyclic) bond motifs is 5. The van der Waals surface area contributed by atoms with Crippen LogP contribution in [0.1, 0.15) is 52.6 Å². The van der Waals surface area contributed by atoms with Crippen LogP contribution in [0.25, 0.3) is 16.9 Å². The fourth-order valence-electron chi connectivity index (χ4n) is 5.65. The third-order valence-corrected chi connectivity index (χ3v) is 7.23. The van der Waals surface area contributed by atoms with Crippen molar-refractivity contribution in [2.45, 2.75) is 43.9 Å². The van der Waals surface area contributed by atoms with Gasteiger partial charge in [-0.3, -0.25) is 13.9 Å². The van der Waals surface area contributed by atoms with Crippen molar-refractivity contribution < 1.29 is 31.1 Å². The van der Waals surface area contributed by atoms with Crippen molar-refractivity contribution in [1.29, 1.82) is 0 Å². The Kier molecular flexibility index (Phi) is 5.15. The first-order valence-corrected chi connectivity index (χ1v) is 11.6. The Morgan fingerprint density at radius 3 is 2.51 bits per heavy atom. The number of nitrogens with zero attached hydrogens (tertiary/aromatic N) is 5. The average molecular weight is 519 g/mol. The minimum Gasteiger partial charge on any atom is -0.325 e. The first-order chi connectivity index (χ1) is 17.5. The standard InChI is InChI=1S/C25H19F6N5O/c1-34-23(12-7-16(26)21(28)17(27)8-12)15-10-14-3-2-4-18(22(15)33-34)36(14)24(37)19-11-32-20-9-13(25(29,30)31)5-6-35(19)20/h5-9,11,14,18H,2-4,10H2,1H3/t14-,18+/m1/s1. The molecule has 1 amide bonds. The molecule has 0 unspecified atom stereocenters. The molecule has 0 spiro atoms. The number of imidazole rings is 1. The summed E-state index contributed by atoms with van der Waals surface area (Å²) >= 11 is 0. The van der Waals surface area contributed by atoms with E-state index in [4.69, 9.17) is 0 Å². The number of piperidine rings is 1. The summed E-state index contributed by atoms with van der Waals surface area (Å²) in [6, 6.07) is 2.93. The van der Waals surface area contributed by atoms with Gasteiger partial charge in [-0.1, -0.05) is 0 Å². The zero-order valence-corrected chi connectivity index (χ0v) is 19.4. The number of rotatable bonds is 2. The van der Waals surface area contributed by atoms with E-state index in [0.29, 0.717) is 30.7 Å². The van der Waals surface area contributed by atoms with Gasteiger partial charge in [-0.05, 0) is 49.9 Å². The van der Waals surface area contributed by atoms with Crippen LogP contribution in [0.3, 0.4) is 0 Å². The average Bonchev–Trinajstić information content (AvgIpc) is 3.41. The molecule has 1 fully saturated rings. The van der Waals surface area contributed by atoms with Crippen LogP contribution in [-0.4, -0.2) is 36.0 Å². The fourth-order valence-corrected chi connectivity index (χ4v) is 5.65. The highest BCUT2D eigenvalue weighted by Gasteiger charge is 2.44. The first kappa shape index (κ1) is 23.6. The molecule has 4 aromatic rings. The third kappa shape index (κ3) is 3.60. The van der Waals surface area contributed by atoms with Gasteiger partial charge < -0.3 is 4.90 Å². The Bertz CT molecular complexity index is 1550. The van der Waals surface area contributed by atoms with Crippen molar-refractivity contribution in [2.75, 3.05) is 0 Å². The van der Waals surface area contributed by atoms with E-state index in [-0.39, 0.29) is 22.9 Å². The molecule has 2 atom stereocenters. The van der Waals surface area contributed by atoms with Gasteiger partial charge in [0, 0.05) is 30.4 Å². The number of benzene rings is 1. The van der Waals surface area contributed by atoms with Crippen LogP contribution in [-0.2, 0) is 19.6 Å². The molecule has 192 valence electrons. The van der Waals surface area contributed by atoms with Crippen molar-refractivity contribution in [1.82, 2.24) is 24.1 Å². The normalized spacial score (nSPS) is 19.4. The van der Waals surface area contributed by atoms with Gasteiger partial charge in [-0.15, -0.1) is 0 Å². The molecule has 6 rings (SSSR count). The molecule has 6 nitrogen and oxygen atoms in total. The number of aromatic nitrogens is 4. The molecule has 2 aliphatic heterocycles. The zero-order valence-electron chi connectivity index (χ0n) is 19.4. The van der Waals surface area contributed by atoms with E-state index in [0.717, 1.165) is 36.2 Å². The summed E-state index contributed by atoms with van der Waals surface area (Å²) in [6.07, 6.45) is 0.342. The third-order valence-electron chi connectivity index (χ3n) is 7.23. The monoisotopic (exact) mass is 519 g/mol. The summed E-state index contributed by atoms with van der Waals surface area (Å²) in [4.78, 5) is 19.4. The highest BCUT2D eigenvalue weighted by Crippen LogP contribution is 2.45. The fraction of sp³-hybridized carbons (Fsp3) is 0.320. The number of hydrogen-bond donors (Lipinski definition) is 0. The summed E-state index contributed by atoms with van der Waals surface area (Å²) in [5, 5.41) is 4.58. The number of halogens is 6. The van der Waals surface area contributed by atoms with Crippen molar-refractivity contribution in [3.05, 3.63) is 76.6 Å². The predicted molar refractivity (Wildman–Crippen MR) is 119 cm³/mol. The zero-order chi connectivity index (χ0) is 26.2. The van der Waals surface area contributed by atoms with Gasteiger partial charge in [0.2, 0.25) is 0 Å². The summed E-state index contributed by atoms with van der Waals surface area (Å²) in [6.45, 7) is 0. The Morgan fingerprint density at radius 2 is 1.81 bits per heavy atom. The molecule has 1 saturated heterocycles. The number of carbonyl (C=O) groups is 1. The van der Waals surface area contributed by atoms with Crippen molar-refractivity contribution in [3.8, 4) is 11.3 Å². The van der Waals surface area contributed by atoms with Gasteiger partial charge in [-0.25, -0.2) is 18.2 Å². The quantitative estimate of drug-likeness (QED) is 0.261. The summed E-state index contributed by atoms with van der Waals surface area (Å²) in [5.41, 5.74) is 1.18. The molecule has 0 N–H and O–H groups in total. The van der Waals surface area contributed by atoms with Gasteiger partial charge in [0.05, 0.1) is 29.2 Å². The highest BCUT2D eigenvalue weighted by molar-refractivity contribution is 5.94. The second-order valence-electron chi connectivity index (χ2n) is 9.39. The van der Waals surface area contributed by atoms with E-state index in [2.05, 4.69) is 10.1 Å². The number of alkyl halides is 3. The molecular formula is C25H19F6N5O. The Hall–Kier alpha value is -3.83. The van der Waals surface area contributed by atoms with Gasteiger partial charge in [0.25, 0.3) is 5.91 Å².